The van der Waals surface area contributed by atoms with Gasteiger partial charge in [0.1, 0.15) is 22.2 Å². The third kappa shape index (κ3) is 3.83. The molecule has 0 spiro atoms. The van der Waals surface area contributed by atoms with Gasteiger partial charge in [-0.25, -0.2) is 30.7 Å². The van der Waals surface area contributed by atoms with E-state index in [4.69, 9.17) is 0 Å². The molecule has 0 radical (unpaired) electrons. The number of aryl methyl sites for hydroxylation is 1. The summed E-state index contributed by atoms with van der Waals surface area (Å²) in [6.45, 7) is 1.78. The fourth-order valence-corrected chi connectivity index (χ4v) is 3.80. The predicted molar refractivity (Wildman–Crippen MR) is 99.4 cm³/mol. The third-order valence-corrected chi connectivity index (χ3v) is 6.02. The average Bonchev–Trinajstić information content (AvgIpc) is 3.01. The molecule has 1 heterocycles. The second-order valence-corrected chi connectivity index (χ2v) is 8.95. The minimum atomic E-state index is -4.14. The molecule has 0 N–H and O–H groups in total. The summed E-state index contributed by atoms with van der Waals surface area (Å²) in [6, 6.07) is 7.53. The first-order chi connectivity index (χ1) is 13.0. The Hall–Kier alpha value is -2.20. The van der Waals surface area contributed by atoms with Crippen LogP contribution in [-0.4, -0.2) is 24.5 Å². The number of halogens is 5. The standard InChI is InChI=1S/C18H13BrF4N2O2S/c1-9-5-11(3-4-12(9)19)25-16(8-15(24-25)18(22)23)10-6-13(20)17(14(21)7-10)28(2,26)27/h3-8,18H,1-2H3. The van der Waals surface area contributed by atoms with Gasteiger partial charge in [-0.05, 0) is 48.9 Å². The summed E-state index contributed by atoms with van der Waals surface area (Å²) in [6.07, 6.45) is -2.22. The number of hydrogen-bond acceptors (Lipinski definition) is 3. The Labute approximate surface area is 166 Å². The van der Waals surface area contributed by atoms with Crippen LogP contribution in [0.4, 0.5) is 17.6 Å². The summed E-state index contributed by atoms with van der Waals surface area (Å²) in [5.74, 6) is -2.62. The Kier molecular flexibility index (Phi) is 5.37. The topological polar surface area (TPSA) is 52.0 Å². The summed E-state index contributed by atoms with van der Waals surface area (Å²) < 4.78 is 80.1. The Morgan fingerprint density at radius 1 is 1.07 bits per heavy atom. The number of sulfone groups is 1. The summed E-state index contributed by atoms with van der Waals surface area (Å²) in [4.78, 5) is -1.07. The van der Waals surface area contributed by atoms with Crippen LogP contribution in [0.25, 0.3) is 16.9 Å². The van der Waals surface area contributed by atoms with Gasteiger partial charge in [0.2, 0.25) is 0 Å². The van der Waals surface area contributed by atoms with E-state index in [1.165, 1.54) is 0 Å². The largest absolute Gasteiger partial charge is 0.282 e. The molecule has 0 aliphatic rings. The van der Waals surface area contributed by atoms with Crippen LogP contribution in [0.1, 0.15) is 17.7 Å². The van der Waals surface area contributed by atoms with Gasteiger partial charge in [-0.2, -0.15) is 5.10 Å². The lowest BCUT2D eigenvalue weighted by Crippen LogP contribution is -2.06. The molecular weight excluding hydrogens is 464 g/mol. The van der Waals surface area contributed by atoms with Crippen molar-refractivity contribution in [3.63, 3.8) is 0 Å². The monoisotopic (exact) mass is 476 g/mol. The molecule has 1 aromatic heterocycles. The predicted octanol–water partition coefficient (Wildman–Crippen LogP) is 5.23. The van der Waals surface area contributed by atoms with Crippen molar-refractivity contribution in [1.29, 1.82) is 0 Å². The first kappa shape index (κ1) is 20.5. The molecule has 0 atom stereocenters. The SMILES string of the molecule is Cc1cc(-n2nc(C(F)F)cc2-c2cc(F)c(S(C)(=O)=O)c(F)c2)ccc1Br. The molecule has 2 aromatic carbocycles. The molecule has 148 valence electrons. The van der Waals surface area contributed by atoms with Crippen LogP contribution in [0, 0.1) is 18.6 Å². The number of nitrogens with zero attached hydrogens (tertiary/aromatic N) is 2. The van der Waals surface area contributed by atoms with Gasteiger partial charge in [-0.3, -0.25) is 0 Å². The van der Waals surface area contributed by atoms with E-state index in [1.807, 2.05) is 0 Å². The van der Waals surface area contributed by atoms with E-state index in [1.54, 1.807) is 25.1 Å². The number of rotatable bonds is 4. The zero-order valence-electron chi connectivity index (χ0n) is 14.6. The van der Waals surface area contributed by atoms with E-state index in [-0.39, 0.29) is 11.3 Å². The van der Waals surface area contributed by atoms with E-state index in [9.17, 15) is 26.0 Å². The van der Waals surface area contributed by atoms with Crippen molar-refractivity contribution in [2.45, 2.75) is 18.2 Å². The van der Waals surface area contributed by atoms with Crippen molar-refractivity contribution < 1.29 is 26.0 Å². The van der Waals surface area contributed by atoms with Gasteiger partial charge in [-0.1, -0.05) is 15.9 Å². The van der Waals surface area contributed by atoms with Crippen LogP contribution in [0.2, 0.25) is 0 Å². The normalized spacial score (nSPS) is 12.0. The highest BCUT2D eigenvalue weighted by Crippen LogP contribution is 2.32. The van der Waals surface area contributed by atoms with Crippen molar-refractivity contribution >= 4 is 25.8 Å². The molecule has 3 aromatic rings. The van der Waals surface area contributed by atoms with Gasteiger partial charge >= 0.3 is 0 Å². The van der Waals surface area contributed by atoms with Gasteiger partial charge in [-0.15, -0.1) is 0 Å². The maximum Gasteiger partial charge on any atom is 0.282 e. The van der Waals surface area contributed by atoms with E-state index < -0.39 is 38.5 Å². The summed E-state index contributed by atoms with van der Waals surface area (Å²) >= 11 is 3.33. The fraction of sp³-hybridized carbons (Fsp3) is 0.167. The molecule has 10 heteroatoms. The van der Waals surface area contributed by atoms with Crippen LogP contribution in [0.5, 0.6) is 0 Å². The van der Waals surface area contributed by atoms with Crippen molar-refractivity contribution in [2.24, 2.45) is 0 Å². The molecule has 4 nitrogen and oxygen atoms in total. The molecule has 0 saturated carbocycles. The summed E-state index contributed by atoms with van der Waals surface area (Å²) in [5, 5.41) is 3.85. The minimum absolute atomic E-state index is 0.00475. The molecule has 0 bridgehead atoms. The van der Waals surface area contributed by atoms with Gasteiger partial charge in [0.25, 0.3) is 6.43 Å². The Morgan fingerprint density at radius 2 is 1.68 bits per heavy atom. The van der Waals surface area contributed by atoms with Gasteiger partial charge in [0.05, 0.1) is 11.4 Å². The maximum atomic E-state index is 14.3. The van der Waals surface area contributed by atoms with Gasteiger partial charge < -0.3 is 0 Å². The first-order valence-electron chi connectivity index (χ1n) is 7.83. The van der Waals surface area contributed by atoms with Crippen molar-refractivity contribution in [3.8, 4) is 16.9 Å². The summed E-state index contributed by atoms with van der Waals surface area (Å²) in [7, 11) is -4.14. The maximum absolute atomic E-state index is 14.3. The number of benzene rings is 2. The molecule has 3 rings (SSSR count). The van der Waals surface area contributed by atoms with Crippen molar-refractivity contribution in [3.05, 3.63) is 63.8 Å². The number of hydrogen-bond donors (Lipinski definition) is 0. The Bertz CT molecular complexity index is 1150. The minimum Gasteiger partial charge on any atom is -0.233 e. The van der Waals surface area contributed by atoms with E-state index in [0.717, 1.165) is 32.9 Å². The first-order valence-corrected chi connectivity index (χ1v) is 10.5. The van der Waals surface area contributed by atoms with E-state index >= 15 is 0 Å². The lowest BCUT2D eigenvalue weighted by molar-refractivity contribution is 0.145. The highest BCUT2D eigenvalue weighted by molar-refractivity contribution is 9.10. The molecule has 0 aliphatic heterocycles. The quantitative estimate of drug-likeness (QED) is 0.484. The van der Waals surface area contributed by atoms with Crippen LogP contribution in [0.15, 0.2) is 45.8 Å². The van der Waals surface area contributed by atoms with E-state index in [0.29, 0.717) is 11.9 Å². The van der Waals surface area contributed by atoms with Crippen molar-refractivity contribution in [1.82, 2.24) is 9.78 Å². The summed E-state index contributed by atoms with van der Waals surface area (Å²) in [5.41, 5.74) is 0.485. The van der Waals surface area contributed by atoms with Crippen LogP contribution < -0.4 is 0 Å². The molecular formula is C18H13BrF4N2O2S. The smallest absolute Gasteiger partial charge is 0.233 e. The third-order valence-electron chi connectivity index (χ3n) is 4.00. The second kappa shape index (κ2) is 7.32. The van der Waals surface area contributed by atoms with E-state index in [2.05, 4.69) is 21.0 Å². The van der Waals surface area contributed by atoms with Crippen LogP contribution >= 0.6 is 15.9 Å². The molecule has 0 fully saturated rings. The Morgan fingerprint density at radius 3 is 2.18 bits per heavy atom. The lowest BCUT2D eigenvalue weighted by atomic mass is 10.1. The molecule has 0 aliphatic carbocycles. The molecule has 28 heavy (non-hydrogen) atoms. The average molecular weight is 477 g/mol. The lowest BCUT2D eigenvalue weighted by Gasteiger charge is -2.11. The zero-order valence-corrected chi connectivity index (χ0v) is 17.0. The number of alkyl halides is 2. The highest BCUT2D eigenvalue weighted by atomic mass is 79.9. The molecule has 0 amide bonds. The number of aromatic nitrogens is 2. The van der Waals surface area contributed by atoms with Crippen molar-refractivity contribution in [2.75, 3.05) is 6.26 Å². The van der Waals surface area contributed by atoms with Crippen LogP contribution in [0.3, 0.4) is 0 Å². The highest BCUT2D eigenvalue weighted by Gasteiger charge is 2.24. The second-order valence-electron chi connectivity index (χ2n) is 6.14. The van der Waals surface area contributed by atoms with Gasteiger partial charge in [0.15, 0.2) is 9.84 Å². The zero-order chi connectivity index (χ0) is 20.8. The fourth-order valence-electron chi connectivity index (χ4n) is 2.73. The molecule has 0 unspecified atom stereocenters. The molecule has 0 saturated heterocycles. The Balaban J connectivity index is 2.26. The van der Waals surface area contributed by atoms with Gasteiger partial charge in [0, 0.05) is 16.3 Å². The van der Waals surface area contributed by atoms with Crippen LogP contribution in [-0.2, 0) is 9.84 Å².